The highest BCUT2D eigenvalue weighted by atomic mass is 16.5. The van der Waals surface area contributed by atoms with Crippen LogP contribution in [-0.2, 0) is 16.0 Å². The maximum absolute atomic E-state index is 11.7. The smallest absolute Gasteiger partial charge is 0.358 e. The molecular weight excluding hydrogens is 322 g/mol. The molecule has 0 aliphatic carbocycles. The van der Waals surface area contributed by atoms with E-state index in [1.807, 2.05) is 12.1 Å². The van der Waals surface area contributed by atoms with Gasteiger partial charge in [-0.25, -0.2) is 14.3 Å². The van der Waals surface area contributed by atoms with Crippen molar-refractivity contribution in [3.63, 3.8) is 0 Å². The summed E-state index contributed by atoms with van der Waals surface area (Å²) >= 11 is 0. The third-order valence-electron chi connectivity index (χ3n) is 3.38. The first-order valence-electron chi connectivity index (χ1n) is 7.85. The number of ketones is 1. The second kappa shape index (κ2) is 7.12. The van der Waals surface area contributed by atoms with Crippen LogP contribution < -0.4 is 4.74 Å². The Balaban J connectivity index is 1.77. The molecule has 0 N–H and O–H groups in total. The Labute approximate surface area is 144 Å². The van der Waals surface area contributed by atoms with Gasteiger partial charge >= 0.3 is 5.97 Å². The van der Waals surface area contributed by atoms with Crippen LogP contribution in [0.4, 0.5) is 0 Å². The Morgan fingerprint density at radius 3 is 2.56 bits per heavy atom. The summed E-state index contributed by atoms with van der Waals surface area (Å²) < 4.78 is 12.1. The molecule has 0 spiro atoms. The minimum atomic E-state index is -0.489. The minimum Gasteiger partial charge on any atom is -0.461 e. The molecule has 0 aliphatic heterocycles. The number of nitrogens with zero attached hydrogens (tertiary/aromatic N) is 3. The van der Waals surface area contributed by atoms with Crippen molar-refractivity contribution < 1.29 is 19.1 Å². The van der Waals surface area contributed by atoms with Gasteiger partial charge in [-0.1, -0.05) is 12.1 Å². The van der Waals surface area contributed by atoms with Crippen LogP contribution in [0.3, 0.4) is 0 Å². The lowest BCUT2D eigenvalue weighted by atomic mass is 10.1. The third kappa shape index (κ3) is 4.00. The van der Waals surface area contributed by atoms with Gasteiger partial charge in [-0.15, -0.1) is 5.10 Å². The molecule has 7 heteroatoms. The molecule has 3 aromatic rings. The van der Waals surface area contributed by atoms with Gasteiger partial charge in [0.05, 0.1) is 12.8 Å². The lowest BCUT2D eigenvalue weighted by Gasteiger charge is -2.05. The van der Waals surface area contributed by atoms with Crippen LogP contribution in [0.15, 0.2) is 42.6 Å². The van der Waals surface area contributed by atoms with Crippen LogP contribution in [0.2, 0.25) is 0 Å². The van der Waals surface area contributed by atoms with Crippen molar-refractivity contribution in [2.75, 3.05) is 6.61 Å². The fourth-order valence-electron chi connectivity index (χ4n) is 2.31. The largest absolute Gasteiger partial charge is 0.461 e. The normalized spacial score (nSPS) is 10.6. The predicted molar refractivity (Wildman–Crippen MR) is 89.8 cm³/mol. The molecular formula is C18H17N3O4. The number of fused-ring (bicyclic) bond motifs is 1. The second-order valence-corrected chi connectivity index (χ2v) is 5.45. The molecule has 0 atom stereocenters. The van der Waals surface area contributed by atoms with E-state index in [0.717, 1.165) is 5.56 Å². The third-order valence-corrected chi connectivity index (χ3v) is 3.38. The van der Waals surface area contributed by atoms with Gasteiger partial charge < -0.3 is 9.47 Å². The van der Waals surface area contributed by atoms with Crippen molar-refractivity contribution >= 4 is 17.4 Å². The predicted octanol–water partition coefficient (Wildman–Crippen LogP) is 2.83. The fraction of sp³-hybridized carbons (Fsp3) is 0.222. The van der Waals surface area contributed by atoms with E-state index in [9.17, 15) is 9.59 Å². The molecule has 2 heterocycles. The molecule has 0 radical (unpaired) electrons. The van der Waals surface area contributed by atoms with Crippen LogP contribution in [0.25, 0.3) is 5.65 Å². The van der Waals surface area contributed by atoms with Crippen LogP contribution >= 0.6 is 0 Å². The Hall–Kier alpha value is -3.22. The highest BCUT2D eigenvalue weighted by Crippen LogP contribution is 2.20. The van der Waals surface area contributed by atoms with E-state index >= 15 is 0 Å². The number of hydrogen-bond acceptors (Lipinski definition) is 6. The molecule has 7 nitrogen and oxygen atoms in total. The molecule has 3 rings (SSSR count). The van der Waals surface area contributed by atoms with Crippen LogP contribution in [0.1, 0.15) is 29.9 Å². The summed E-state index contributed by atoms with van der Waals surface area (Å²) in [4.78, 5) is 27.0. The van der Waals surface area contributed by atoms with Gasteiger partial charge in [0.2, 0.25) is 5.88 Å². The average molecular weight is 339 g/mol. The molecule has 0 fully saturated rings. The van der Waals surface area contributed by atoms with Gasteiger partial charge in [-0.2, -0.15) is 0 Å². The van der Waals surface area contributed by atoms with Gasteiger partial charge in [0.15, 0.2) is 11.3 Å². The molecule has 2 aromatic heterocycles. The summed E-state index contributed by atoms with van der Waals surface area (Å²) in [6.07, 6.45) is 1.90. The molecule has 25 heavy (non-hydrogen) atoms. The van der Waals surface area contributed by atoms with Crippen LogP contribution in [0.5, 0.6) is 11.6 Å². The molecule has 0 saturated heterocycles. The Morgan fingerprint density at radius 1 is 1.12 bits per heavy atom. The quantitative estimate of drug-likeness (QED) is 0.642. The van der Waals surface area contributed by atoms with E-state index in [0.29, 0.717) is 23.7 Å². The Bertz CT molecular complexity index is 916. The standard InChI is InChI=1S/C18H17N3O4/c1-3-24-18(23)15-11-21-16(19-15)8-9-17(20-21)25-14-6-4-13(5-7-14)10-12(2)22/h4-9,11H,3,10H2,1-2H3. The molecule has 0 saturated carbocycles. The number of rotatable bonds is 6. The zero-order chi connectivity index (χ0) is 17.8. The van der Waals surface area contributed by atoms with E-state index in [2.05, 4.69) is 10.1 Å². The SMILES string of the molecule is CCOC(=O)c1cn2nc(Oc3ccc(CC(C)=O)cc3)ccc2n1. The summed E-state index contributed by atoms with van der Waals surface area (Å²) in [5, 5.41) is 4.27. The van der Waals surface area contributed by atoms with Crippen molar-refractivity contribution in [1.82, 2.24) is 14.6 Å². The zero-order valence-corrected chi connectivity index (χ0v) is 13.9. The zero-order valence-electron chi connectivity index (χ0n) is 13.9. The lowest BCUT2D eigenvalue weighted by Crippen LogP contribution is -2.04. The van der Waals surface area contributed by atoms with Gasteiger partial charge in [0, 0.05) is 12.5 Å². The maximum atomic E-state index is 11.7. The first-order chi connectivity index (χ1) is 12.0. The summed E-state index contributed by atoms with van der Waals surface area (Å²) in [6, 6.07) is 10.6. The maximum Gasteiger partial charge on any atom is 0.358 e. The summed E-state index contributed by atoms with van der Waals surface area (Å²) in [6.45, 7) is 3.58. The number of aromatic nitrogens is 3. The van der Waals surface area contributed by atoms with Gasteiger partial charge in [-0.3, -0.25) is 4.79 Å². The summed E-state index contributed by atoms with van der Waals surface area (Å²) in [7, 11) is 0. The van der Waals surface area contributed by atoms with Gasteiger partial charge in [0.25, 0.3) is 0 Å². The Kier molecular flexibility index (Phi) is 4.74. The number of hydrogen-bond donors (Lipinski definition) is 0. The van der Waals surface area contributed by atoms with Crippen molar-refractivity contribution in [3.8, 4) is 11.6 Å². The topological polar surface area (TPSA) is 82.8 Å². The van der Waals surface area contributed by atoms with Crippen molar-refractivity contribution in [3.05, 3.63) is 53.9 Å². The first kappa shape index (κ1) is 16.6. The summed E-state index contributed by atoms with van der Waals surface area (Å²) in [5.74, 6) is 0.583. The molecule has 0 amide bonds. The number of carbonyl (C=O) groups is 2. The van der Waals surface area contributed by atoms with Crippen LogP contribution in [-0.4, -0.2) is 33.0 Å². The van der Waals surface area contributed by atoms with Gasteiger partial charge in [-0.05, 0) is 37.6 Å². The number of imidazole rings is 1. The molecule has 0 unspecified atom stereocenters. The molecule has 128 valence electrons. The van der Waals surface area contributed by atoms with Crippen molar-refractivity contribution in [2.45, 2.75) is 20.3 Å². The van der Waals surface area contributed by atoms with E-state index in [1.165, 1.54) is 10.7 Å². The van der Waals surface area contributed by atoms with Crippen LogP contribution in [0, 0.1) is 0 Å². The second-order valence-electron chi connectivity index (χ2n) is 5.45. The van der Waals surface area contributed by atoms with E-state index in [-0.39, 0.29) is 18.1 Å². The average Bonchev–Trinajstić information content (AvgIpc) is 3.00. The lowest BCUT2D eigenvalue weighted by molar-refractivity contribution is -0.116. The number of Topliss-reactive ketones (excluding diaryl/α,β-unsaturated/α-hetero) is 1. The minimum absolute atomic E-state index is 0.110. The highest BCUT2D eigenvalue weighted by molar-refractivity contribution is 5.87. The molecule has 1 aromatic carbocycles. The van der Waals surface area contributed by atoms with E-state index < -0.39 is 5.97 Å². The number of carbonyl (C=O) groups excluding carboxylic acids is 2. The molecule has 0 bridgehead atoms. The van der Waals surface area contributed by atoms with Crippen molar-refractivity contribution in [2.24, 2.45) is 0 Å². The fourth-order valence-corrected chi connectivity index (χ4v) is 2.31. The summed E-state index contributed by atoms with van der Waals surface area (Å²) in [5.41, 5.74) is 1.64. The highest BCUT2D eigenvalue weighted by Gasteiger charge is 2.12. The Morgan fingerprint density at radius 2 is 1.88 bits per heavy atom. The monoisotopic (exact) mass is 339 g/mol. The number of esters is 1. The first-order valence-corrected chi connectivity index (χ1v) is 7.85. The van der Waals surface area contributed by atoms with E-state index in [4.69, 9.17) is 9.47 Å². The molecule has 0 aliphatic rings. The van der Waals surface area contributed by atoms with Gasteiger partial charge in [0.1, 0.15) is 11.5 Å². The van der Waals surface area contributed by atoms with Crippen molar-refractivity contribution in [1.29, 1.82) is 0 Å². The van der Waals surface area contributed by atoms with E-state index in [1.54, 1.807) is 38.1 Å². The number of ether oxygens (including phenoxy) is 2. The number of benzene rings is 1.